The summed E-state index contributed by atoms with van der Waals surface area (Å²) >= 11 is 0. The Bertz CT molecular complexity index is 552. The van der Waals surface area contributed by atoms with Crippen molar-refractivity contribution < 1.29 is 4.74 Å². The molecule has 0 aliphatic rings. The molecule has 2 aromatic rings. The van der Waals surface area contributed by atoms with Crippen LogP contribution in [0.25, 0.3) is 0 Å². The summed E-state index contributed by atoms with van der Waals surface area (Å²) in [4.78, 5) is 0. The molecule has 20 heavy (non-hydrogen) atoms. The Balaban J connectivity index is 0.00000200. The maximum absolute atomic E-state index is 5.22. The van der Waals surface area contributed by atoms with Gasteiger partial charge in [-0.05, 0) is 38.5 Å². The normalized spacial score (nSPS) is 10.2. The van der Waals surface area contributed by atoms with Gasteiger partial charge in [0.15, 0.2) is 0 Å². The number of nitrogens with zero attached hydrogens (tertiary/aromatic N) is 2. The molecule has 0 amide bonds. The molecule has 0 aliphatic heterocycles. The second kappa shape index (κ2) is 7.20. The Kier molecular flexibility index (Phi) is 5.89. The topological polar surface area (TPSA) is 39.1 Å². The fraction of sp³-hybridized carbons (Fsp3) is 0.400. The van der Waals surface area contributed by atoms with E-state index in [-0.39, 0.29) is 12.4 Å². The van der Waals surface area contributed by atoms with Crippen molar-refractivity contribution >= 4 is 18.1 Å². The number of methoxy groups -OCH3 is 1. The molecule has 0 saturated heterocycles. The summed E-state index contributed by atoms with van der Waals surface area (Å²) in [5.41, 5.74) is 3.30. The first kappa shape index (κ1) is 16.4. The maximum Gasteiger partial charge on any atom is 0.119 e. The van der Waals surface area contributed by atoms with E-state index in [2.05, 4.69) is 36.5 Å². The number of nitrogens with one attached hydrogen (secondary N) is 1. The molecule has 0 radical (unpaired) electrons. The highest BCUT2D eigenvalue weighted by atomic mass is 35.5. The molecule has 0 fully saturated rings. The van der Waals surface area contributed by atoms with E-state index in [1.165, 1.54) is 5.56 Å². The van der Waals surface area contributed by atoms with Crippen LogP contribution in [-0.2, 0) is 6.54 Å². The van der Waals surface area contributed by atoms with Gasteiger partial charge >= 0.3 is 0 Å². The summed E-state index contributed by atoms with van der Waals surface area (Å²) in [6.45, 7) is 7.03. The average molecular weight is 296 g/mol. The summed E-state index contributed by atoms with van der Waals surface area (Å²) in [7, 11) is 1.68. The summed E-state index contributed by atoms with van der Waals surface area (Å²) in [6, 6.07) is 8.45. The third-order valence-corrected chi connectivity index (χ3v) is 3.06. The highest BCUT2D eigenvalue weighted by Crippen LogP contribution is 2.18. The zero-order valence-corrected chi connectivity index (χ0v) is 13.2. The van der Waals surface area contributed by atoms with Crippen molar-refractivity contribution in [1.29, 1.82) is 0 Å². The highest BCUT2D eigenvalue weighted by molar-refractivity contribution is 5.85. The number of aryl methyl sites for hydroxylation is 1. The summed E-state index contributed by atoms with van der Waals surface area (Å²) < 4.78 is 7.20. The Labute approximate surface area is 126 Å². The number of hydrogen-bond acceptors (Lipinski definition) is 3. The molecule has 0 bridgehead atoms. The Morgan fingerprint density at radius 1 is 1.35 bits per heavy atom. The molecule has 1 N–H and O–H groups in total. The van der Waals surface area contributed by atoms with Crippen LogP contribution in [0.2, 0.25) is 0 Å². The van der Waals surface area contributed by atoms with Gasteiger partial charge in [0.1, 0.15) is 5.75 Å². The lowest BCUT2D eigenvalue weighted by atomic mass is 10.2. The first-order valence-electron chi connectivity index (χ1n) is 6.52. The Morgan fingerprint density at radius 2 is 2.10 bits per heavy atom. The number of halogens is 1. The second-order valence-corrected chi connectivity index (χ2v) is 4.91. The summed E-state index contributed by atoms with van der Waals surface area (Å²) in [6.07, 6.45) is 2.06. The van der Waals surface area contributed by atoms with Gasteiger partial charge in [0.2, 0.25) is 0 Å². The van der Waals surface area contributed by atoms with Crippen molar-refractivity contribution in [1.82, 2.24) is 9.78 Å². The zero-order chi connectivity index (χ0) is 13.8. The molecular weight excluding hydrogens is 274 g/mol. The van der Waals surface area contributed by atoms with Gasteiger partial charge in [0.05, 0.1) is 18.5 Å². The summed E-state index contributed by atoms with van der Waals surface area (Å²) in [5, 5.41) is 7.90. The van der Waals surface area contributed by atoms with E-state index in [4.69, 9.17) is 4.74 Å². The van der Waals surface area contributed by atoms with Crippen LogP contribution in [-0.4, -0.2) is 16.9 Å². The molecule has 1 aromatic carbocycles. The molecule has 0 spiro atoms. The van der Waals surface area contributed by atoms with Crippen LogP contribution in [0.15, 0.2) is 30.5 Å². The molecule has 1 heterocycles. The molecule has 0 unspecified atom stereocenters. The molecular formula is C15H22ClN3O. The molecule has 1 aromatic heterocycles. The first-order valence-corrected chi connectivity index (χ1v) is 6.52. The van der Waals surface area contributed by atoms with E-state index >= 15 is 0 Å². The van der Waals surface area contributed by atoms with E-state index in [1.54, 1.807) is 7.11 Å². The fourth-order valence-electron chi connectivity index (χ4n) is 1.90. The quantitative estimate of drug-likeness (QED) is 0.911. The van der Waals surface area contributed by atoms with E-state index in [1.807, 2.05) is 29.8 Å². The van der Waals surface area contributed by atoms with Crippen molar-refractivity contribution in [2.75, 3.05) is 12.4 Å². The smallest absolute Gasteiger partial charge is 0.119 e. The molecule has 110 valence electrons. The van der Waals surface area contributed by atoms with Crippen LogP contribution in [0.4, 0.5) is 5.69 Å². The highest BCUT2D eigenvalue weighted by Gasteiger charge is 2.06. The van der Waals surface area contributed by atoms with Crippen LogP contribution in [0, 0.1) is 6.92 Å². The lowest BCUT2D eigenvalue weighted by Gasteiger charge is -2.07. The fourth-order valence-corrected chi connectivity index (χ4v) is 1.90. The van der Waals surface area contributed by atoms with Crippen molar-refractivity contribution in [3.8, 4) is 5.75 Å². The number of rotatable bonds is 5. The SMILES string of the molecule is COc1cccc(CNc2cn(C(C)C)nc2C)c1.Cl. The van der Waals surface area contributed by atoms with Crippen LogP contribution in [0.1, 0.15) is 31.1 Å². The minimum atomic E-state index is 0. The van der Waals surface area contributed by atoms with E-state index in [0.29, 0.717) is 6.04 Å². The van der Waals surface area contributed by atoms with Crippen LogP contribution in [0.3, 0.4) is 0 Å². The predicted molar refractivity (Wildman–Crippen MR) is 84.9 cm³/mol. The van der Waals surface area contributed by atoms with Gasteiger partial charge in [-0.2, -0.15) is 5.10 Å². The van der Waals surface area contributed by atoms with Crippen LogP contribution in [0.5, 0.6) is 5.75 Å². The third kappa shape index (κ3) is 3.90. The zero-order valence-electron chi connectivity index (χ0n) is 12.4. The van der Waals surface area contributed by atoms with Gasteiger partial charge in [-0.25, -0.2) is 0 Å². The van der Waals surface area contributed by atoms with E-state index in [0.717, 1.165) is 23.7 Å². The number of anilines is 1. The largest absolute Gasteiger partial charge is 0.497 e. The van der Waals surface area contributed by atoms with Crippen LogP contribution < -0.4 is 10.1 Å². The number of benzene rings is 1. The van der Waals surface area contributed by atoms with Gasteiger partial charge in [0, 0.05) is 18.8 Å². The maximum atomic E-state index is 5.22. The lowest BCUT2D eigenvalue weighted by Crippen LogP contribution is -2.01. The minimum Gasteiger partial charge on any atom is -0.497 e. The predicted octanol–water partition coefficient (Wildman–Crippen LogP) is 3.81. The molecule has 4 nitrogen and oxygen atoms in total. The summed E-state index contributed by atoms with van der Waals surface area (Å²) in [5.74, 6) is 0.883. The molecule has 0 saturated carbocycles. The Hall–Kier alpha value is -1.68. The number of ether oxygens (including phenoxy) is 1. The molecule has 0 aliphatic carbocycles. The van der Waals surface area contributed by atoms with Gasteiger partial charge in [0.25, 0.3) is 0 Å². The van der Waals surface area contributed by atoms with Gasteiger partial charge in [-0.1, -0.05) is 12.1 Å². The van der Waals surface area contributed by atoms with E-state index < -0.39 is 0 Å². The first-order chi connectivity index (χ1) is 9.10. The van der Waals surface area contributed by atoms with Crippen molar-refractivity contribution in [2.45, 2.75) is 33.4 Å². The third-order valence-electron chi connectivity index (χ3n) is 3.06. The number of aromatic nitrogens is 2. The average Bonchev–Trinajstić information content (AvgIpc) is 2.78. The van der Waals surface area contributed by atoms with Crippen molar-refractivity contribution in [3.05, 3.63) is 41.7 Å². The second-order valence-electron chi connectivity index (χ2n) is 4.91. The van der Waals surface area contributed by atoms with Gasteiger partial charge in [-0.15, -0.1) is 12.4 Å². The van der Waals surface area contributed by atoms with Gasteiger partial charge in [-0.3, -0.25) is 4.68 Å². The van der Waals surface area contributed by atoms with Crippen molar-refractivity contribution in [2.24, 2.45) is 0 Å². The molecule has 5 heteroatoms. The van der Waals surface area contributed by atoms with E-state index in [9.17, 15) is 0 Å². The monoisotopic (exact) mass is 295 g/mol. The van der Waals surface area contributed by atoms with Crippen LogP contribution >= 0.6 is 12.4 Å². The van der Waals surface area contributed by atoms with Crippen molar-refractivity contribution in [3.63, 3.8) is 0 Å². The number of hydrogen-bond donors (Lipinski definition) is 1. The lowest BCUT2D eigenvalue weighted by molar-refractivity contribution is 0.414. The standard InChI is InChI=1S/C15H21N3O.ClH/c1-11(2)18-10-15(12(3)17-18)16-9-13-6-5-7-14(8-13)19-4;/h5-8,10-11,16H,9H2,1-4H3;1H. The molecule has 0 atom stereocenters. The van der Waals surface area contributed by atoms with Gasteiger partial charge < -0.3 is 10.1 Å². The molecule has 2 rings (SSSR count). The Morgan fingerprint density at radius 3 is 2.70 bits per heavy atom. The minimum absolute atomic E-state index is 0.